The van der Waals surface area contributed by atoms with Crippen LogP contribution in [-0.2, 0) is 23.9 Å². The van der Waals surface area contributed by atoms with Gasteiger partial charge in [-0.25, -0.2) is 0 Å². The summed E-state index contributed by atoms with van der Waals surface area (Å²) in [5.74, 6) is -2.24. The molecule has 0 saturated carbocycles. The summed E-state index contributed by atoms with van der Waals surface area (Å²) in [4.78, 5) is 33.4. The zero-order valence-electron chi connectivity index (χ0n) is 10.4. The predicted molar refractivity (Wildman–Crippen MR) is 61.2 cm³/mol. The van der Waals surface area contributed by atoms with E-state index in [1.165, 1.54) is 6.08 Å². The first-order chi connectivity index (χ1) is 8.06. The maximum absolute atomic E-state index is 11.6. The summed E-state index contributed by atoms with van der Waals surface area (Å²) < 4.78 is 9.59. The zero-order chi connectivity index (χ0) is 13.3. The topological polar surface area (TPSA) is 69.7 Å². The highest BCUT2D eigenvalue weighted by atomic mass is 16.6. The van der Waals surface area contributed by atoms with E-state index in [0.717, 1.165) is 0 Å². The van der Waals surface area contributed by atoms with E-state index in [-0.39, 0.29) is 19.6 Å². The summed E-state index contributed by atoms with van der Waals surface area (Å²) >= 11 is 0. The van der Waals surface area contributed by atoms with E-state index in [1.54, 1.807) is 20.8 Å². The first kappa shape index (κ1) is 15.3. The molecule has 0 heterocycles. The smallest absolute Gasteiger partial charge is 0.320 e. The highest BCUT2D eigenvalue weighted by Gasteiger charge is 2.29. The van der Waals surface area contributed by atoms with Crippen LogP contribution < -0.4 is 0 Å². The molecule has 5 nitrogen and oxygen atoms in total. The molecule has 0 rings (SSSR count). The van der Waals surface area contributed by atoms with Crippen LogP contribution in [0, 0.1) is 5.92 Å². The van der Waals surface area contributed by atoms with E-state index in [2.05, 4.69) is 0 Å². The third-order valence-electron chi connectivity index (χ3n) is 2.02. The summed E-state index contributed by atoms with van der Waals surface area (Å²) in [5, 5.41) is 0. The molecular weight excluding hydrogens is 224 g/mol. The van der Waals surface area contributed by atoms with Gasteiger partial charge in [-0.3, -0.25) is 14.4 Å². The van der Waals surface area contributed by atoms with Crippen molar-refractivity contribution >= 4 is 18.2 Å². The van der Waals surface area contributed by atoms with Crippen LogP contribution in [0.2, 0.25) is 0 Å². The van der Waals surface area contributed by atoms with Crippen LogP contribution in [0.4, 0.5) is 0 Å². The number of esters is 2. The Bertz CT molecular complexity index is 288. The van der Waals surface area contributed by atoms with Crippen molar-refractivity contribution in [2.24, 2.45) is 5.92 Å². The van der Waals surface area contributed by atoms with Crippen molar-refractivity contribution in [1.82, 2.24) is 0 Å². The molecule has 0 bridgehead atoms. The van der Waals surface area contributed by atoms with E-state index in [1.807, 2.05) is 0 Å². The van der Waals surface area contributed by atoms with Crippen molar-refractivity contribution in [3.8, 4) is 0 Å². The molecule has 0 aromatic heterocycles. The van der Waals surface area contributed by atoms with Crippen molar-refractivity contribution < 1.29 is 23.9 Å². The fourth-order valence-corrected chi connectivity index (χ4v) is 1.25. The Labute approximate surface area is 101 Å². The molecule has 0 aliphatic rings. The second-order valence-corrected chi connectivity index (χ2v) is 3.41. The average molecular weight is 242 g/mol. The Hall–Kier alpha value is -1.65. The highest BCUT2D eigenvalue weighted by Crippen LogP contribution is 2.15. The fraction of sp³-hybridized carbons (Fsp3) is 0.583. The Kier molecular flexibility index (Phi) is 7.67. The largest absolute Gasteiger partial charge is 0.465 e. The third kappa shape index (κ3) is 5.85. The molecule has 0 aliphatic carbocycles. The minimum atomic E-state index is -0.994. The summed E-state index contributed by atoms with van der Waals surface area (Å²) in [7, 11) is 0. The first-order valence-corrected chi connectivity index (χ1v) is 5.50. The third-order valence-corrected chi connectivity index (χ3v) is 2.02. The van der Waals surface area contributed by atoms with Gasteiger partial charge in [0.1, 0.15) is 6.29 Å². The van der Waals surface area contributed by atoms with Crippen LogP contribution in [0.3, 0.4) is 0 Å². The number of rotatable bonds is 7. The lowest BCUT2D eigenvalue weighted by Gasteiger charge is -2.14. The lowest BCUT2D eigenvalue weighted by Crippen LogP contribution is -2.28. The van der Waals surface area contributed by atoms with E-state index in [4.69, 9.17) is 9.47 Å². The quantitative estimate of drug-likeness (QED) is 0.291. The van der Waals surface area contributed by atoms with Gasteiger partial charge in [0.05, 0.1) is 13.2 Å². The summed E-state index contributed by atoms with van der Waals surface area (Å²) in [6, 6.07) is 0. The number of allylic oxidation sites excluding steroid dienone is 2. The maximum atomic E-state index is 11.6. The van der Waals surface area contributed by atoms with Crippen molar-refractivity contribution in [2.45, 2.75) is 27.2 Å². The lowest BCUT2D eigenvalue weighted by molar-refractivity contribution is -0.161. The SMILES string of the molecule is CCOC(=O)C(C/C(C)=C/C=O)C(=O)OCC. The Balaban J connectivity index is 4.72. The van der Waals surface area contributed by atoms with Gasteiger partial charge in [-0.2, -0.15) is 0 Å². The molecule has 0 amide bonds. The van der Waals surface area contributed by atoms with E-state index < -0.39 is 17.9 Å². The fourth-order valence-electron chi connectivity index (χ4n) is 1.25. The minimum absolute atomic E-state index is 0.135. The second-order valence-electron chi connectivity index (χ2n) is 3.41. The van der Waals surface area contributed by atoms with E-state index >= 15 is 0 Å². The maximum Gasteiger partial charge on any atom is 0.320 e. The van der Waals surface area contributed by atoms with Gasteiger partial charge >= 0.3 is 11.9 Å². The minimum Gasteiger partial charge on any atom is -0.465 e. The predicted octanol–water partition coefficient (Wildman–Crippen LogP) is 1.26. The number of ether oxygens (including phenoxy) is 2. The Morgan fingerprint density at radius 3 is 1.94 bits per heavy atom. The van der Waals surface area contributed by atoms with Crippen molar-refractivity contribution in [3.63, 3.8) is 0 Å². The van der Waals surface area contributed by atoms with Crippen molar-refractivity contribution in [2.75, 3.05) is 13.2 Å². The number of hydrogen-bond donors (Lipinski definition) is 0. The molecule has 0 unspecified atom stereocenters. The summed E-state index contributed by atoms with van der Waals surface area (Å²) in [5.41, 5.74) is 0.631. The first-order valence-electron chi connectivity index (χ1n) is 5.50. The summed E-state index contributed by atoms with van der Waals surface area (Å²) in [6.45, 7) is 5.39. The van der Waals surface area contributed by atoms with E-state index in [9.17, 15) is 14.4 Å². The standard InChI is InChI=1S/C12H18O5/c1-4-16-11(14)10(12(15)17-5-2)8-9(3)6-7-13/h6-7,10H,4-5,8H2,1-3H3/b9-6+. The van der Waals surface area contributed by atoms with Gasteiger partial charge in [0, 0.05) is 0 Å². The van der Waals surface area contributed by atoms with Gasteiger partial charge in [-0.1, -0.05) is 5.57 Å². The van der Waals surface area contributed by atoms with Gasteiger partial charge in [-0.15, -0.1) is 0 Å². The number of hydrogen-bond acceptors (Lipinski definition) is 5. The van der Waals surface area contributed by atoms with Crippen LogP contribution in [0.25, 0.3) is 0 Å². The van der Waals surface area contributed by atoms with Crippen molar-refractivity contribution in [1.29, 1.82) is 0 Å². The van der Waals surface area contributed by atoms with Crippen LogP contribution in [0.15, 0.2) is 11.6 Å². The second kappa shape index (κ2) is 8.50. The van der Waals surface area contributed by atoms with Gasteiger partial charge < -0.3 is 9.47 Å². The number of carbonyl (C=O) groups excluding carboxylic acids is 3. The number of carbonyl (C=O) groups is 3. The molecule has 0 aliphatic heterocycles. The van der Waals surface area contributed by atoms with Crippen LogP contribution in [0.5, 0.6) is 0 Å². The molecule has 0 N–H and O–H groups in total. The highest BCUT2D eigenvalue weighted by molar-refractivity contribution is 5.95. The molecule has 0 aromatic carbocycles. The lowest BCUT2D eigenvalue weighted by atomic mass is 10.0. The number of aldehydes is 1. The Morgan fingerprint density at radius 1 is 1.12 bits per heavy atom. The normalized spacial score (nSPS) is 11.2. The van der Waals surface area contributed by atoms with E-state index in [0.29, 0.717) is 11.9 Å². The van der Waals surface area contributed by atoms with Crippen LogP contribution >= 0.6 is 0 Å². The molecular formula is C12H18O5. The van der Waals surface area contributed by atoms with Gasteiger partial charge in [0.25, 0.3) is 0 Å². The van der Waals surface area contributed by atoms with Crippen molar-refractivity contribution in [3.05, 3.63) is 11.6 Å². The average Bonchev–Trinajstić information content (AvgIpc) is 2.26. The molecule has 0 fully saturated rings. The molecule has 0 radical (unpaired) electrons. The molecule has 0 spiro atoms. The molecule has 0 atom stereocenters. The monoisotopic (exact) mass is 242 g/mol. The molecule has 0 saturated heterocycles. The molecule has 96 valence electrons. The summed E-state index contributed by atoms with van der Waals surface area (Å²) in [6.07, 6.45) is 2.06. The van der Waals surface area contributed by atoms with Gasteiger partial charge in [-0.05, 0) is 33.3 Å². The van der Waals surface area contributed by atoms with Gasteiger partial charge in [0.15, 0.2) is 5.92 Å². The Morgan fingerprint density at radius 2 is 1.59 bits per heavy atom. The van der Waals surface area contributed by atoms with Crippen LogP contribution in [0.1, 0.15) is 27.2 Å². The molecule has 0 aromatic rings. The zero-order valence-corrected chi connectivity index (χ0v) is 10.4. The molecule has 5 heteroatoms. The molecule has 17 heavy (non-hydrogen) atoms. The van der Waals surface area contributed by atoms with Gasteiger partial charge in [0.2, 0.25) is 0 Å². The van der Waals surface area contributed by atoms with Crippen LogP contribution in [-0.4, -0.2) is 31.4 Å².